The van der Waals surface area contributed by atoms with Gasteiger partial charge in [0.1, 0.15) is 0 Å². The third-order valence-corrected chi connectivity index (χ3v) is 7.45. The number of hydrogen-bond acceptors (Lipinski definition) is 4. The van der Waals surface area contributed by atoms with Crippen LogP contribution in [0.25, 0.3) is 22.0 Å². The maximum Gasteiger partial charge on any atom is 0.310 e. The summed E-state index contributed by atoms with van der Waals surface area (Å²) in [4.78, 5) is 13.1. The van der Waals surface area contributed by atoms with Crippen molar-refractivity contribution in [3.63, 3.8) is 0 Å². The number of unbranched alkanes of at least 4 members (excludes halogenated alkanes) is 5. The van der Waals surface area contributed by atoms with Crippen LogP contribution in [-0.4, -0.2) is 26.8 Å². The molecular formula is C31H40NO4+. The van der Waals surface area contributed by atoms with Crippen molar-refractivity contribution < 1.29 is 23.6 Å². The fourth-order valence-corrected chi connectivity index (χ4v) is 5.34. The number of pyridine rings is 1. The Hall–Kier alpha value is -3.08. The van der Waals surface area contributed by atoms with E-state index in [-0.39, 0.29) is 12.4 Å². The lowest BCUT2D eigenvalue weighted by Crippen LogP contribution is -2.41. The van der Waals surface area contributed by atoms with Gasteiger partial charge in [0.25, 0.3) is 0 Å². The molecule has 5 heteroatoms. The molecule has 0 saturated carbocycles. The molecule has 192 valence electrons. The van der Waals surface area contributed by atoms with Gasteiger partial charge in [0.2, 0.25) is 5.69 Å². The maximum absolute atomic E-state index is 13.1. The van der Waals surface area contributed by atoms with Crippen LogP contribution < -0.4 is 14.0 Å². The molecule has 0 bridgehead atoms. The molecule has 0 N–H and O–H groups in total. The fraction of sp³-hybridized carbons (Fsp3) is 0.484. The van der Waals surface area contributed by atoms with E-state index in [1.54, 1.807) is 14.2 Å². The first-order chi connectivity index (χ1) is 17.5. The minimum Gasteiger partial charge on any atom is -0.493 e. The van der Waals surface area contributed by atoms with Crippen LogP contribution >= 0.6 is 0 Å². The monoisotopic (exact) mass is 490 g/mol. The number of carbonyl (C=O) groups is 1. The number of ether oxygens (including phenoxy) is 3. The number of aryl methyl sites for hydroxylation is 4. The Morgan fingerprint density at radius 2 is 1.69 bits per heavy atom. The fourth-order valence-electron chi connectivity index (χ4n) is 5.34. The van der Waals surface area contributed by atoms with Crippen LogP contribution in [0.15, 0.2) is 30.5 Å². The van der Waals surface area contributed by atoms with Gasteiger partial charge in [-0.2, -0.15) is 4.57 Å². The highest BCUT2D eigenvalue weighted by Gasteiger charge is 2.31. The first-order valence-corrected chi connectivity index (χ1v) is 13.3. The molecule has 0 fully saturated rings. The van der Waals surface area contributed by atoms with Crippen LogP contribution in [-0.2, 0) is 28.9 Å². The zero-order chi connectivity index (χ0) is 25.7. The number of fused-ring (bicyclic) bond motifs is 4. The Balaban J connectivity index is 1.71. The Morgan fingerprint density at radius 1 is 0.944 bits per heavy atom. The Labute approximate surface area is 215 Å². The summed E-state index contributed by atoms with van der Waals surface area (Å²) in [6.45, 7) is 7.87. The van der Waals surface area contributed by atoms with Crippen LogP contribution in [0.3, 0.4) is 0 Å². The lowest BCUT2D eigenvalue weighted by atomic mass is 9.88. The molecule has 0 aliphatic carbocycles. The van der Waals surface area contributed by atoms with E-state index < -0.39 is 0 Å². The number of esters is 1. The standard InChI is InChI=1S/C31H40NO4/c1-6-7-8-9-10-11-16-36-29(33)19-26-24-12-13-28(34-4)31(35-5)27(24)20-32-15-14-23-17-21(2)22(3)18-25(23)30(26)32/h12-13,17-18,20H,6-11,14-16,19H2,1-5H3/q+1. The molecule has 0 radical (unpaired) electrons. The van der Waals surface area contributed by atoms with E-state index in [0.717, 1.165) is 47.8 Å². The summed E-state index contributed by atoms with van der Waals surface area (Å²) < 4.78 is 19.3. The molecule has 0 saturated heterocycles. The van der Waals surface area contributed by atoms with Crippen molar-refractivity contribution in [1.29, 1.82) is 0 Å². The number of rotatable bonds is 11. The SMILES string of the molecule is CCCCCCCCOC(=O)Cc1c2[n+](cc3c(OC)c(OC)ccc13)CCc1cc(C)c(C)cc1-2. The summed E-state index contributed by atoms with van der Waals surface area (Å²) >= 11 is 0. The van der Waals surface area contributed by atoms with Crippen LogP contribution in [0.1, 0.15) is 67.7 Å². The van der Waals surface area contributed by atoms with Gasteiger partial charge in [-0.25, -0.2) is 0 Å². The summed E-state index contributed by atoms with van der Waals surface area (Å²) in [5.74, 6) is 1.20. The van der Waals surface area contributed by atoms with Crippen molar-refractivity contribution >= 4 is 16.7 Å². The summed E-state index contributed by atoms with van der Waals surface area (Å²) in [5, 5.41) is 1.95. The highest BCUT2D eigenvalue weighted by atomic mass is 16.5. The Kier molecular flexibility index (Phi) is 8.50. The van der Waals surface area contributed by atoms with E-state index in [9.17, 15) is 4.79 Å². The number of benzene rings is 2. The summed E-state index contributed by atoms with van der Waals surface area (Å²) in [6, 6.07) is 8.54. The average Bonchev–Trinajstić information content (AvgIpc) is 2.87. The topological polar surface area (TPSA) is 48.6 Å². The second-order valence-electron chi connectivity index (χ2n) is 9.92. The lowest BCUT2D eigenvalue weighted by molar-refractivity contribution is -0.686. The molecule has 0 unspecified atom stereocenters. The van der Waals surface area contributed by atoms with Crippen LogP contribution in [0.4, 0.5) is 0 Å². The van der Waals surface area contributed by atoms with Gasteiger partial charge in [-0.3, -0.25) is 4.79 Å². The van der Waals surface area contributed by atoms with Gasteiger partial charge >= 0.3 is 5.97 Å². The van der Waals surface area contributed by atoms with Crippen molar-refractivity contribution in [3.8, 4) is 22.8 Å². The summed E-state index contributed by atoms with van der Waals surface area (Å²) in [7, 11) is 3.31. The minimum absolute atomic E-state index is 0.176. The van der Waals surface area contributed by atoms with E-state index in [1.807, 2.05) is 12.1 Å². The molecule has 1 aromatic heterocycles. The molecule has 5 nitrogen and oxygen atoms in total. The molecular weight excluding hydrogens is 450 g/mol. The highest BCUT2D eigenvalue weighted by Crippen LogP contribution is 2.40. The Bertz CT molecular complexity index is 1250. The van der Waals surface area contributed by atoms with E-state index >= 15 is 0 Å². The lowest BCUT2D eigenvalue weighted by Gasteiger charge is -2.21. The van der Waals surface area contributed by atoms with E-state index in [0.29, 0.717) is 18.1 Å². The van der Waals surface area contributed by atoms with Crippen LogP contribution in [0, 0.1) is 13.8 Å². The number of nitrogens with zero attached hydrogens (tertiary/aromatic N) is 1. The highest BCUT2D eigenvalue weighted by molar-refractivity contribution is 5.97. The van der Waals surface area contributed by atoms with Gasteiger partial charge in [-0.15, -0.1) is 0 Å². The van der Waals surface area contributed by atoms with Gasteiger partial charge in [-0.1, -0.05) is 45.1 Å². The first kappa shape index (κ1) is 26.0. The molecule has 1 aliphatic heterocycles. The van der Waals surface area contributed by atoms with Crippen LogP contribution in [0.5, 0.6) is 11.5 Å². The molecule has 36 heavy (non-hydrogen) atoms. The van der Waals surface area contributed by atoms with Crippen LogP contribution in [0.2, 0.25) is 0 Å². The maximum atomic E-state index is 13.1. The van der Waals surface area contributed by atoms with Gasteiger partial charge in [0.05, 0.1) is 38.2 Å². The van der Waals surface area contributed by atoms with Crippen molar-refractivity contribution in [2.24, 2.45) is 0 Å². The third-order valence-electron chi connectivity index (χ3n) is 7.45. The molecule has 0 spiro atoms. The second-order valence-corrected chi connectivity index (χ2v) is 9.92. The predicted molar refractivity (Wildman–Crippen MR) is 144 cm³/mol. The quantitative estimate of drug-likeness (QED) is 0.177. The zero-order valence-corrected chi connectivity index (χ0v) is 22.5. The molecule has 2 heterocycles. The molecule has 2 aromatic carbocycles. The normalized spacial score (nSPS) is 12.2. The van der Waals surface area contributed by atoms with E-state index in [4.69, 9.17) is 14.2 Å². The average molecular weight is 491 g/mol. The van der Waals surface area contributed by atoms with Gasteiger partial charge in [0.15, 0.2) is 24.2 Å². The molecule has 1 aliphatic rings. The van der Waals surface area contributed by atoms with E-state index in [2.05, 4.69) is 43.7 Å². The number of carbonyl (C=O) groups excluding carboxylic acids is 1. The predicted octanol–water partition coefficient (Wildman–Crippen LogP) is 6.43. The molecule has 4 rings (SSSR count). The van der Waals surface area contributed by atoms with Crippen molar-refractivity contribution in [3.05, 3.63) is 52.7 Å². The Morgan fingerprint density at radius 3 is 2.44 bits per heavy atom. The minimum atomic E-state index is -0.176. The largest absolute Gasteiger partial charge is 0.493 e. The third kappa shape index (κ3) is 5.35. The second kappa shape index (κ2) is 11.8. The number of methoxy groups -OCH3 is 2. The number of hydrogen-bond donors (Lipinski definition) is 0. The first-order valence-electron chi connectivity index (χ1n) is 13.3. The zero-order valence-electron chi connectivity index (χ0n) is 22.5. The smallest absolute Gasteiger partial charge is 0.310 e. The van der Waals surface area contributed by atoms with Gasteiger partial charge in [0, 0.05) is 17.4 Å². The molecule has 0 amide bonds. The summed E-state index contributed by atoms with van der Waals surface area (Å²) in [6.07, 6.45) is 10.3. The molecule has 3 aromatic rings. The van der Waals surface area contributed by atoms with Crippen molar-refractivity contribution in [1.82, 2.24) is 0 Å². The van der Waals surface area contributed by atoms with Gasteiger partial charge in [-0.05, 0) is 55.2 Å². The van der Waals surface area contributed by atoms with Gasteiger partial charge < -0.3 is 14.2 Å². The van der Waals surface area contributed by atoms with E-state index in [1.165, 1.54) is 47.9 Å². The van der Waals surface area contributed by atoms with Crippen molar-refractivity contribution in [2.75, 3.05) is 20.8 Å². The number of aromatic nitrogens is 1. The summed E-state index contributed by atoms with van der Waals surface area (Å²) in [5.41, 5.74) is 7.20. The molecule has 0 atom stereocenters. The van der Waals surface area contributed by atoms with Crippen molar-refractivity contribution in [2.45, 2.75) is 78.7 Å².